The van der Waals surface area contributed by atoms with E-state index in [9.17, 15) is 24.5 Å². The Labute approximate surface area is 195 Å². The third kappa shape index (κ3) is 4.64. The fourth-order valence-electron chi connectivity index (χ4n) is 4.35. The number of amides is 1. The van der Waals surface area contributed by atoms with Crippen LogP contribution in [-0.4, -0.2) is 43.6 Å². The zero-order chi connectivity index (χ0) is 23.8. The van der Waals surface area contributed by atoms with Gasteiger partial charge in [0, 0.05) is 29.7 Å². The molecule has 0 radical (unpaired) electrons. The second kappa shape index (κ2) is 8.97. The van der Waals surface area contributed by atoms with Crippen molar-refractivity contribution in [3.05, 3.63) is 75.8 Å². The predicted molar refractivity (Wildman–Crippen MR) is 122 cm³/mol. The summed E-state index contributed by atoms with van der Waals surface area (Å²) in [5, 5.41) is 10.5. The molecule has 2 aromatic carbocycles. The third-order valence-corrected chi connectivity index (χ3v) is 7.62. The summed E-state index contributed by atoms with van der Waals surface area (Å²) in [6, 6.07) is 14.4. The number of β-lactam (4-membered cyclic amide) rings is 1. The van der Waals surface area contributed by atoms with Gasteiger partial charge in [0.25, 0.3) is 5.69 Å². The number of hydrogen-bond donors (Lipinski definition) is 0. The molecule has 0 unspecified atom stereocenters. The highest BCUT2D eigenvalue weighted by atomic mass is 32.2. The van der Waals surface area contributed by atoms with Crippen molar-refractivity contribution in [2.24, 2.45) is 5.92 Å². The number of carbonyl (C=O) groups is 3. The molecule has 4 rings (SSSR count). The maximum absolute atomic E-state index is 12.9. The number of non-ortho nitro benzene ring substituents is 1. The topological polar surface area (TPSA) is 107 Å². The van der Waals surface area contributed by atoms with Gasteiger partial charge in [-0.05, 0) is 37.1 Å². The Kier molecular flexibility index (Phi) is 6.25. The minimum Gasteiger partial charge on any atom is -0.459 e. The van der Waals surface area contributed by atoms with Crippen molar-refractivity contribution in [2.45, 2.75) is 49.5 Å². The van der Waals surface area contributed by atoms with Crippen LogP contribution in [0.25, 0.3) is 0 Å². The summed E-state index contributed by atoms with van der Waals surface area (Å²) in [5.74, 6) is -1.15. The standard InChI is InChI=1S/C24H24N2O6S/c1-24(2)20(23(29)32-14-16-8-10-17(11-9-16)26(30)31)25-21(28)19(22(25)33-24)13-18(27)12-15-6-4-3-5-7-15/h3-11,19-20,22H,12-14H2,1-2H3/t19-,20+,22-/m1/s1. The van der Waals surface area contributed by atoms with E-state index in [0.717, 1.165) is 5.56 Å². The number of rotatable bonds is 8. The highest BCUT2D eigenvalue weighted by molar-refractivity contribution is 8.01. The van der Waals surface area contributed by atoms with E-state index in [1.54, 1.807) is 4.90 Å². The van der Waals surface area contributed by atoms with Crippen molar-refractivity contribution in [1.29, 1.82) is 0 Å². The zero-order valence-electron chi connectivity index (χ0n) is 18.3. The van der Waals surface area contributed by atoms with Gasteiger partial charge < -0.3 is 9.64 Å². The first-order chi connectivity index (χ1) is 15.7. The number of ketones is 1. The number of benzene rings is 2. The lowest BCUT2D eigenvalue weighted by Gasteiger charge is -2.43. The van der Waals surface area contributed by atoms with Gasteiger partial charge in [0.2, 0.25) is 5.91 Å². The van der Waals surface area contributed by atoms with Crippen molar-refractivity contribution in [1.82, 2.24) is 4.90 Å². The van der Waals surface area contributed by atoms with Crippen LogP contribution in [0.2, 0.25) is 0 Å². The number of Topliss-reactive ketones (excluding diaryl/α,β-unsaturated/α-hetero) is 1. The molecule has 9 heteroatoms. The molecule has 2 aromatic rings. The molecule has 2 fully saturated rings. The maximum atomic E-state index is 12.9. The molecule has 2 aliphatic heterocycles. The van der Waals surface area contributed by atoms with Gasteiger partial charge >= 0.3 is 5.97 Å². The van der Waals surface area contributed by atoms with Crippen molar-refractivity contribution in [2.75, 3.05) is 0 Å². The molecule has 0 saturated carbocycles. The Morgan fingerprint density at radius 3 is 2.39 bits per heavy atom. The minimum absolute atomic E-state index is 0.00167. The van der Waals surface area contributed by atoms with Gasteiger partial charge in [-0.3, -0.25) is 19.7 Å². The summed E-state index contributed by atoms with van der Waals surface area (Å²) in [4.78, 5) is 50.2. The highest BCUT2D eigenvalue weighted by Crippen LogP contribution is 2.54. The summed E-state index contributed by atoms with van der Waals surface area (Å²) in [6.45, 7) is 3.74. The number of esters is 1. The number of thioether (sulfide) groups is 1. The zero-order valence-corrected chi connectivity index (χ0v) is 19.1. The van der Waals surface area contributed by atoms with Gasteiger partial charge in [-0.25, -0.2) is 4.79 Å². The molecule has 0 aromatic heterocycles. The fraction of sp³-hybridized carbons (Fsp3) is 0.375. The van der Waals surface area contributed by atoms with Gasteiger partial charge in [-0.15, -0.1) is 11.8 Å². The Balaban J connectivity index is 1.37. The lowest BCUT2D eigenvalue weighted by molar-refractivity contribution is -0.384. The Hall–Kier alpha value is -3.20. The molecule has 2 saturated heterocycles. The lowest BCUT2D eigenvalue weighted by Crippen LogP contribution is -2.63. The van der Waals surface area contributed by atoms with Crippen LogP contribution in [0.15, 0.2) is 54.6 Å². The summed E-state index contributed by atoms with van der Waals surface area (Å²) in [7, 11) is 0. The first-order valence-corrected chi connectivity index (χ1v) is 11.5. The van der Waals surface area contributed by atoms with E-state index in [-0.39, 0.29) is 42.2 Å². The summed E-state index contributed by atoms with van der Waals surface area (Å²) in [5.41, 5.74) is 1.49. The molecule has 172 valence electrons. The minimum atomic E-state index is -0.751. The van der Waals surface area contributed by atoms with Crippen LogP contribution in [0.4, 0.5) is 5.69 Å². The Bertz CT molecular complexity index is 1090. The van der Waals surface area contributed by atoms with E-state index in [2.05, 4.69) is 0 Å². The lowest BCUT2D eigenvalue weighted by atomic mass is 9.87. The van der Waals surface area contributed by atoms with Crippen LogP contribution in [0.1, 0.15) is 31.4 Å². The number of fused-ring (bicyclic) bond motifs is 1. The average Bonchev–Trinajstić information content (AvgIpc) is 3.04. The molecule has 0 bridgehead atoms. The molecular formula is C24H24N2O6S. The second-order valence-electron chi connectivity index (χ2n) is 8.80. The second-order valence-corrected chi connectivity index (χ2v) is 10.6. The quantitative estimate of drug-likeness (QED) is 0.252. The highest BCUT2D eigenvalue weighted by Gasteiger charge is 2.64. The van der Waals surface area contributed by atoms with Crippen molar-refractivity contribution >= 4 is 35.1 Å². The number of carbonyl (C=O) groups excluding carboxylic acids is 3. The molecule has 0 spiro atoms. The number of hydrogen-bond acceptors (Lipinski definition) is 7. The van der Waals surface area contributed by atoms with Gasteiger partial charge in [0.15, 0.2) is 0 Å². The van der Waals surface area contributed by atoms with E-state index in [1.807, 2.05) is 44.2 Å². The fourth-order valence-corrected chi connectivity index (χ4v) is 6.03. The first-order valence-electron chi connectivity index (χ1n) is 10.6. The van der Waals surface area contributed by atoms with Crippen LogP contribution >= 0.6 is 11.8 Å². The van der Waals surface area contributed by atoms with Crippen LogP contribution in [0, 0.1) is 16.0 Å². The van der Waals surface area contributed by atoms with Gasteiger partial charge in [0.1, 0.15) is 18.4 Å². The van der Waals surface area contributed by atoms with Crippen LogP contribution < -0.4 is 0 Å². The number of nitro groups is 1. The SMILES string of the molecule is CC1(C)S[C@@H]2[C@H](CC(=O)Cc3ccccc3)C(=O)N2[C@H]1C(=O)OCc1ccc([N+](=O)[O-])cc1. The van der Waals surface area contributed by atoms with Crippen LogP contribution in [-0.2, 0) is 32.1 Å². The Morgan fingerprint density at radius 2 is 1.76 bits per heavy atom. The maximum Gasteiger partial charge on any atom is 0.330 e. The van der Waals surface area contributed by atoms with Crippen LogP contribution in [0.3, 0.4) is 0 Å². The molecule has 3 atom stereocenters. The number of ether oxygens (including phenoxy) is 1. The smallest absolute Gasteiger partial charge is 0.330 e. The average molecular weight is 469 g/mol. The van der Waals surface area contributed by atoms with E-state index in [4.69, 9.17) is 4.74 Å². The van der Waals surface area contributed by atoms with Crippen molar-refractivity contribution in [3.8, 4) is 0 Å². The van der Waals surface area contributed by atoms with Gasteiger partial charge in [-0.2, -0.15) is 0 Å². The third-order valence-electron chi connectivity index (χ3n) is 5.99. The van der Waals surface area contributed by atoms with Gasteiger partial charge in [-0.1, -0.05) is 30.3 Å². The van der Waals surface area contributed by atoms with Crippen LogP contribution in [0.5, 0.6) is 0 Å². The number of nitro benzene ring substituents is 1. The van der Waals surface area contributed by atoms with Crippen molar-refractivity contribution in [3.63, 3.8) is 0 Å². The van der Waals surface area contributed by atoms with E-state index in [0.29, 0.717) is 5.56 Å². The predicted octanol–water partition coefficient (Wildman–Crippen LogP) is 3.52. The monoisotopic (exact) mass is 468 g/mol. The molecule has 1 amide bonds. The van der Waals surface area contributed by atoms with Gasteiger partial charge in [0.05, 0.1) is 16.2 Å². The largest absolute Gasteiger partial charge is 0.459 e. The molecule has 2 heterocycles. The Morgan fingerprint density at radius 1 is 1.09 bits per heavy atom. The van der Waals surface area contributed by atoms with E-state index < -0.39 is 27.6 Å². The number of nitrogens with zero attached hydrogens (tertiary/aromatic N) is 2. The van der Waals surface area contributed by atoms with E-state index in [1.165, 1.54) is 36.0 Å². The van der Waals surface area contributed by atoms with Crippen molar-refractivity contribution < 1.29 is 24.0 Å². The summed E-state index contributed by atoms with van der Waals surface area (Å²) < 4.78 is 4.90. The normalized spacial score (nSPS) is 22.9. The summed E-state index contributed by atoms with van der Waals surface area (Å²) >= 11 is 1.52. The molecule has 33 heavy (non-hydrogen) atoms. The molecule has 0 aliphatic carbocycles. The molecule has 2 aliphatic rings. The first kappa shape index (κ1) is 23.0. The molecule has 0 N–H and O–H groups in total. The molecular weight excluding hydrogens is 444 g/mol. The van der Waals surface area contributed by atoms with E-state index >= 15 is 0 Å². The molecule has 8 nitrogen and oxygen atoms in total. The summed E-state index contributed by atoms with van der Waals surface area (Å²) in [6.07, 6.45) is 0.439.